The number of ether oxygens (including phenoxy) is 1. The van der Waals surface area contributed by atoms with Crippen LogP contribution in [0.25, 0.3) is 5.57 Å². The molecule has 0 spiro atoms. The van der Waals surface area contributed by atoms with Gasteiger partial charge >= 0.3 is 0 Å². The maximum atomic E-state index is 13.5. The number of benzene rings is 1. The number of carbonyl (C=O) groups excluding carboxylic acids is 2. The van der Waals surface area contributed by atoms with E-state index in [0.29, 0.717) is 35.8 Å². The van der Waals surface area contributed by atoms with Gasteiger partial charge < -0.3 is 19.7 Å². The topological polar surface area (TPSA) is 111 Å². The van der Waals surface area contributed by atoms with Crippen molar-refractivity contribution >= 4 is 34.6 Å². The van der Waals surface area contributed by atoms with E-state index in [-0.39, 0.29) is 35.9 Å². The van der Waals surface area contributed by atoms with E-state index in [9.17, 15) is 19.1 Å². The van der Waals surface area contributed by atoms with Crippen LogP contribution in [0.4, 0.5) is 10.1 Å². The van der Waals surface area contributed by atoms with Crippen LogP contribution < -0.4 is 10.1 Å². The maximum absolute atomic E-state index is 13.5. The van der Waals surface area contributed by atoms with Crippen LogP contribution in [0, 0.1) is 17.7 Å². The van der Waals surface area contributed by atoms with Gasteiger partial charge in [-0.15, -0.1) is 5.10 Å². The summed E-state index contributed by atoms with van der Waals surface area (Å²) in [5.41, 5.74) is 3.14. The van der Waals surface area contributed by atoms with Gasteiger partial charge in [-0.1, -0.05) is 31.5 Å². The van der Waals surface area contributed by atoms with Crippen molar-refractivity contribution in [2.24, 2.45) is 25.9 Å². The minimum absolute atomic E-state index is 0.0189. The molecule has 2 aromatic heterocycles. The van der Waals surface area contributed by atoms with Crippen molar-refractivity contribution in [3.63, 3.8) is 0 Å². The fraction of sp³-hybridized carbons (Fsp3) is 0.429. The summed E-state index contributed by atoms with van der Waals surface area (Å²) in [6.45, 7) is 5.42. The van der Waals surface area contributed by atoms with Gasteiger partial charge in [0, 0.05) is 44.1 Å². The first-order valence-electron chi connectivity index (χ1n) is 12.9. The van der Waals surface area contributed by atoms with Crippen LogP contribution >= 0.6 is 11.6 Å². The average molecular weight is 560 g/mol. The van der Waals surface area contributed by atoms with E-state index in [2.05, 4.69) is 15.4 Å². The number of aromatic nitrogens is 4. The van der Waals surface area contributed by atoms with Crippen LogP contribution in [-0.2, 0) is 25.3 Å². The number of carbonyl (C=O) groups is 2. The first-order chi connectivity index (χ1) is 18.7. The SMILES string of the molecule is CC.CC(=O)COc1cc(CCC2CC(c3ncn(C)c3C(=O)Nc3ccc(F)c(Cl)c3)=CC2CO)n(C)n1. The second kappa shape index (κ2) is 13.5. The molecule has 11 heteroatoms. The molecule has 0 radical (unpaired) electrons. The Morgan fingerprint density at radius 1 is 1.26 bits per heavy atom. The Labute approximate surface area is 232 Å². The third-order valence-corrected chi connectivity index (χ3v) is 6.79. The van der Waals surface area contributed by atoms with Crippen LogP contribution in [0.3, 0.4) is 0 Å². The van der Waals surface area contributed by atoms with Crippen LogP contribution in [0.1, 0.15) is 55.5 Å². The molecular formula is C28H35ClFN5O4. The van der Waals surface area contributed by atoms with Crippen LogP contribution in [-0.4, -0.2) is 49.3 Å². The summed E-state index contributed by atoms with van der Waals surface area (Å²) < 4.78 is 22.3. The van der Waals surface area contributed by atoms with Crippen molar-refractivity contribution in [2.45, 2.75) is 40.0 Å². The molecule has 4 rings (SSSR count). The van der Waals surface area contributed by atoms with Gasteiger partial charge in [-0.3, -0.25) is 14.3 Å². The van der Waals surface area contributed by atoms with E-state index >= 15 is 0 Å². The number of ketones is 1. The molecule has 39 heavy (non-hydrogen) atoms. The summed E-state index contributed by atoms with van der Waals surface area (Å²) >= 11 is 5.85. The molecule has 9 nitrogen and oxygen atoms in total. The molecule has 2 unspecified atom stereocenters. The van der Waals surface area contributed by atoms with Gasteiger partial charge in [-0.2, -0.15) is 0 Å². The van der Waals surface area contributed by atoms with Gasteiger partial charge in [-0.05, 0) is 55.9 Å². The van der Waals surface area contributed by atoms with Gasteiger partial charge in [0.25, 0.3) is 5.91 Å². The summed E-state index contributed by atoms with van der Waals surface area (Å²) in [4.78, 5) is 28.8. The lowest BCUT2D eigenvalue weighted by atomic mass is 9.90. The van der Waals surface area contributed by atoms with Gasteiger partial charge in [0.2, 0.25) is 5.88 Å². The number of aliphatic hydroxyl groups excluding tert-OH is 1. The highest BCUT2D eigenvalue weighted by molar-refractivity contribution is 6.31. The Bertz CT molecular complexity index is 1350. The number of nitrogens with zero attached hydrogens (tertiary/aromatic N) is 4. The molecule has 1 aliphatic carbocycles. The van der Waals surface area contributed by atoms with Gasteiger partial charge in [0.1, 0.15) is 18.1 Å². The number of hydrogen-bond donors (Lipinski definition) is 2. The number of amides is 1. The number of imidazole rings is 1. The quantitative estimate of drug-likeness (QED) is 0.368. The molecule has 2 N–H and O–H groups in total. The number of aliphatic hydroxyl groups is 1. The molecule has 1 amide bonds. The average Bonchev–Trinajstić information content (AvgIpc) is 3.60. The van der Waals surface area contributed by atoms with Gasteiger partial charge in [0.15, 0.2) is 5.78 Å². The lowest BCUT2D eigenvalue weighted by molar-refractivity contribution is -0.119. The summed E-state index contributed by atoms with van der Waals surface area (Å²) in [7, 11) is 3.55. The van der Waals surface area contributed by atoms with E-state index in [1.54, 1.807) is 22.6 Å². The molecule has 0 fully saturated rings. The van der Waals surface area contributed by atoms with Crippen molar-refractivity contribution < 1.29 is 23.8 Å². The predicted octanol–water partition coefficient (Wildman–Crippen LogP) is 4.84. The number of aryl methyl sites for hydroxylation is 3. The number of allylic oxidation sites excluding steroid dienone is 1. The van der Waals surface area contributed by atoms with Crippen LogP contribution in [0.5, 0.6) is 5.88 Å². The zero-order valence-corrected chi connectivity index (χ0v) is 23.6. The Morgan fingerprint density at radius 2 is 2.00 bits per heavy atom. The lowest BCUT2D eigenvalue weighted by Gasteiger charge is -2.17. The molecule has 0 saturated carbocycles. The smallest absolute Gasteiger partial charge is 0.274 e. The summed E-state index contributed by atoms with van der Waals surface area (Å²) in [6.07, 6.45) is 5.69. The highest BCUT2D eigenvalue weighted by Gasteiger charge is 2.31. The van der Waals surface area contributed by atoms with Crippen molar-refractivity contribution in [1.29, 1.82) is 0 Å². The molecule has 2 heterocycles. The number of halogens is 2. The minimum atomic E-state index is -0.566. The largest absolute Gasteiger partial charge is 0.469 e. The Hall–Kier alpha value is -3.50. The van der Waals surface area contributed by atoms with E-state index in [1.807, 2.05) is 33.0 Å². The second-order valence-corrected chi connectivity index (χ2v) is 9.67. The van der Waals surface area contributed by atoms with Crippen LogP contribution in [0.15, 0.2) is 36.7 Å². The lowest BCUT2D eigenvalue weighted by Crippen LogP contribution is -2.17. The molecule has 3 aromatic rings. The molecule has 1 aromatic carbocycles. The minimum Gasteiger partial charge on any atom is -0.469 e. The Balaban J connectivity index is 0.00000205. The fourth-order valence-corrected chi connectivity index (χ4v) is 4.76. The summed E-state index contributed by atoms with van der Waals surface area (Å²) in [5.74, 6) is -0.565. The zero-order valence-electron chi connectivity index (χ0n) is 22.9. The summed E-state index contributed by atoms with van der Waals surface area (Å²) in [5, 5.41) is 17.0. The van der Waals surface area contributed by atoms with E-state index < -0.39 is 11.7 Å². The number of hydrogen-bond acceptors (Lipinski definition) is 6. The zero-order chi connectivity index (χ0) is 28.7. The van der Waals surface area contributed by atoms with E-state index in [1.165, 1.54) is 25.1 Å². The highest BCUT2D eigenvalue weighted by atomic mass is 35.5. The van der Waals surface area contributed by atoms with Gasteiger partial charge in [-0.25, -0.2) is 9.37 Å². The van der Waals surface area contributed by atoms with E-state index in [0.717, 1.165) is 17.7 Å². The summed E-state index contributed by atoms with van der Waals surface area (Å²) in [6, 6.07) is 5.81. The van der Waals surface area contributed by atoms with Crippen LogP contribution in [0.2, 0.25) is 5.02 Å². The molecule has 0 bridgehead atoms. The number of rotatable bonds is 10. The van der Waals surface area contributed by atoms with Crippen molar-refractivity contribution in [3.8, 4) is 5.88 Å². The normalized spacial score (nSPS) is 16.4. The molecule has 210 valence electrons. The first-order valence-corrected chi connectivity index (χ1v) is 13.3. The van der Waals surface area contributed by atoms with Crippen molar-refractivity contribution in [1.82, 2.24) is 19.3 Å². The number of anilines is 1. The van der Waals surface area contributed by atoms with E-state index in [4.69, 9.17) is 16.3 Å². The number of Topliss-reactive ketones (excluding diaryl/α,β-unsaturated/α-hetero) is 1. The first kappa shape index (κ1) is 30.0. The molecule has 2 atom stereocenters. The fourth-order valence-electron chi connectivity index (χ4n) is 4.58. The molecule has 0 aliphatic heterocycles. The molecule has 1 aliphatic rings. The predicted molar refractivity (Wildman–Crippen MR) is 148 cm³/mol. The monoisotopic (exact) mass is 559 g/mol. The highest BCUT2D eigenvalue weighted by Crippen LogP contribution is 2.39. The third kappa shape index (κ3) is 7.33. The Morgan fingerprint density at radius 3 is 2.67 bits per heavy atom. The molecule has 0 saturated heterocycles. The number of nitrogens with one attached hydrogen (secondary N) is 1. The Kier molecular flexibility index (Phi) is 10.4. The maximum Gasteiger partial charge on any atom is 0.274 e. The van der Waals surface area contributed by atoms with Gasteiger partial charge in [0.05, 0.1) is 17.0 Å². The second-order valence-electron chi connectivity index (χ2n) is 9.27. The third-order valence-electron chi connectivity index (χ3n) is 6.50. The molecular weight excluding hydrogens is 525 g/mol. The van der Waals surface area contributed by atoms with Crippen molar-refractivity contribution in [2.75, 3.05) is 18.5 Å². The standard InChI is InChI=1S/C26H29ClFN5O4.C2H6/c1-15(35)13-37-23-11-20(33(3)31-23)6-4-16-8-17(9-18(16)12-34)24-25(32(2)14-29-24)26(36)30-19-5-7-22(28)21(27)10-19;1-2/h5,7,9-11,14,16,18,34H,4,6,8,12-13H2,1-3H3,(H,30,36);1-2H3. The van der Waals surface area contributed by atoms with Crippen molar-refractivity contribution in [3.05, 3.63) is 64.6 Å².